The highest BCUT2D eigenvalue weighted by Gasteiger charge is 2.46. The van der Waals surface area contributed by atoms with Crippen molar-refractivity contribution in [2.24, 2.45) is 5.92 Å². The van der Waals surface area contributed by atoms with E-state index in [9.17, 15) is 4.79 Å². The van der Waals surface area contributed by atoms with Crippen LogP contribution in [0, 0.1) is 5.92 Å². The normalized spacial score (nSPS) is 24.9. The summed E-state index contributed by atoms with van der Waals surface area (Å²) in [5, 5.41) is 0. The first-order valence-electron chi connectivity index (χ1n) is 4.92. The average molecular weight is 189 g/mol. The van der Waals surface area contributed by atoms with Gasteiger partial charge in [-0.3, -0.25) is 4.79 Å². The minimum absolute atomic E-state index is 0.172. The summed E-state index contributed by atoms with van der Waals surface area (Å²) in [5.74, 6) is 0.786. The van der Waals surface area contributed by atoms with E-state index in [4.69, 9.17) is 0 Å². The molecule has 74 valence electrons. The Morgan fingerprint density at radius 1 is 1.14 bits per heavy atom. The van der Waals surface area contributed by atoms with Gasteiger partial charge in [-0.25, -0.2) is 0 Å². The van der Waals surface area contributed by atoms with Crippen LogP contribution in [0.3, 0.4) is 0 Å². The van der Waals surface area contributed by atoms with E-state index < -0.39 is 0 Å². The SMILES string of the molecule is CC1C(=O)C1c1ccc(N(C)C)cc1. The monoisotopic (exact) mass is 189 g/mol. The lowest BCUT2D eigenvalue weighted by molar-refractivity contribution is -0.111. The molecule has 2 nitrogen and oxygen atoms in total. The molecule has 2 heteroatoms. The predicted octanol–water partition coefficient (Wildman–Crippen LogP) is 2.05. The van der Waals surface area contributed by atoms with Crippen molar-refractivity contribution in [2.45, 2.75) is 12.8 Å². The molecule has 0 aliphatic heterocycles. The van der Waals surface area contributed by atoms with Gasteiger partial charge in [0, 0.05) is 25.7 Å². The van der Waals surface area contributed by atoms with Gasteiger partial charge in [0.15, 0.2) is 0 Å². The highest BCUT2D eigenvalue weighted by atomic mass is 16.1. The quantitative estimate of drug-likeness (QED) is 0.709. The van der Waals surface area contributed by atoms with Gasteiger partial charge < -0.3 is 4.90 Å². The number of Topliss-reactive ketones (excluding diaryl/α,β-unsaturated/α-hetero) is 1. The largest absolute Gasteiger partial charge is 0.378 e. The number of nitrogens with zero attached hydrogens (tertiary/aromatic N) is 1. The molecule has 0 N–H and O–H groups in total. The first kappa shape index (κ1) is 9.25. The van der Waals surface area contributed by atoms with Crippen LogP contribution in [0.2, 0.25) is 0 Å². The van der Waals surface area contributed by atoms with Crippen molar-refractivity contribution in [1.82, 2.24) is 0 Å². The van der Waals surface area contributed by atoms with Crippen molar-refractivity contribution in [3.63, 3.8) is 0 Å². The Morgan fingerprint density at radius 2 is 1.64 bits per heavy atom. The zero-order chi connectivity index (χ0) is 10.3. The Labute approximate surface area is 84.5 Å². The van der Waals surface area contributed by atoms with E-state index in [1.54, 1.807) is 0 Å². The highest BCUT2D eigenvalue weighted by Crippen LogP contribution is 2.42. The van der Waals surface area contributed by atoms with Crippen molar-refractivity contribution in [1.29, 1.82) is 0 Å². The third-order valence-electron chi connectivity index (χ3n) is 2.91. The van der Waals surface area contributed by atoms with Crippen LogP contribution >= 0.6 is 0 Å². The minimum atomic E-state index is 0.172. The summed E-state index contributed by atoms with van der Waals surface area (Å²) in [6, 6.07) is 8.24. The molecule has 0 radical (unpaired) electrons. The topological polar surface area (TPSA) is 20.3 Å². The van der Waals surface area contributed by atoms with Crippen LogP contribution in [0.15, 0.2) is 24.3 Å². The van der Waals surface area contributed by atoms with Crippen molar-refractivity contribution in [3.05, 3.63) is 29.8 Å². The summed E-state index contributed by atoms with van der Waals surface area (Å²) < 4.78 is 0. The van der Waals surface area contributed by atoms with E-state index >= 15 is 0 Å². The molecular weight excluding hydrogens is 174 g/mol. The maximum atomic E-state index is 11.2. The van der Waals surface area contributed by atoms with Crippen LogP contribution in [0.4, 0.5) is 5.69 Å². The number of hydrogen-bond acceptors (Lipinski definition) is 2. The molecule has 0 spiro atoms. The van der Waals surface area contributed by atoms with Gasteiger partial charge in [-0.1, -0.05) is 19.1 Å². The Hall–Kier alpha value is -1.31. The van der Waals surface area contributed by atoms with Crippen LogP contribution < -0.4 is 4.90 Å². The molecular formula is C12H15NO. The molecule has 2 atom stereocenters. The lowest BCUT2D eigenvalue weighted by Crippen LogP contribution is -2.08. The fraction of sp³-hybridized carbons (Fsp3) is 0.417. The number of carbonyl (C=O) groups excluding carboxylic acids is 1. The molecule has 1 aromatic carbocycles. The van der Waals surface area contributed by atoms with Crippen LogP contribution in [0.5, 0.6) is 0 Å². The lowest BCUT2D eigenvalue weighted by Gasteiger charge is -2.12. The molecule has 0 saturated heterocycles. The molecule has 14 heavy (non-hydrogen) atoms. The highest BCUT2D eigenvalue weighted by molar-refractivity contribution is 6.04. The molecule has 1 aliphatic rings. The Balaban J connectivity index is 2.19. The Kier molecular flexibility index (Phi) is 2.06. The molecule has 1 saturated carbocycles. The summed E-state index contributed by atoms with van der Waals surface area (Å²) in [6.07, 6.45) is 0. The van der Waals surface area contributed by atoms with Crippen molar-refractivity contribution < 1.29 is 4.79 Å². The van der Waals surface area contributed by atoms with Crippen LogP contribution in [0.1, 0.15) is 18.4 Å². The molecule has 1 aromatic rings. The molecule has 0 aromatic heterocycles. The van der Waals surface area contributed by atoms with Gasteiger partial charge in [-0.15, -0.1) is 0 Å². The first-order chi connectivity index (χ1) is 6.61. The first-order valence-corrected chi connectivity index (χ1v) is 4.92. The van der Waals surface area contributed by atoms with Gasteiger partial charge in [0.05, 0.1) is 5.92 Å². The number of carbonyl (C=O) groups is 1. The predicted molar refractivity (Wildman–Crippen MR) is 57.7 cm³/mol. The number of benzene rings is 1. The molecule has 0 bridgehead atoms. The second kappa shape index (κ2) is 3.12. The fourth-order valence-corrected chi connectivity index (χ4v) is 1.80. The number of ketones is 1. The van der Waals surface area contributed by atoms with Crippen LogP contribution in [-0.4, -0.2) is 19.9 Å². The number of anilines is 1. The minimum Gasteiger partial charge on any atom is -0.378 e. The van der Waals surface area contributed by atoms with Crippen LogP contribution in [-0.2, 0) is 4.79 Å². The average Bonchev–Trinajstić information content (AvgIpc) is 2.75. The van der Waals surface area contributed by atoms with E-state index in [1.807, 2.05) is 21.0 Å². The van der Waals surface area contributed by atoms with Gasteiger partial charge in [-0.05, 0) is 17.7 Å². The molecule has 1 aliphatic carbocycles. The van der Waals surface area contributed by atoms with E-state index in [2.05, 4.69) is 29.2 Å². The molecule has 1 fully saturated rings. The molecule has 0 amide bonds. The Bertz CT molecular complexity index is 353. The summed E-state index contributed by atoms with van der Waals surface area (Å²) in [5.41, 5.74) is 2.34. The van der Waals surface area contributed by atoms with Crippen molar-refractivity contribution in [3.8, 4) is 0 Å². The number of rotatable bonds is 2. The molecule has 2 unspecified atom stereocenters. The third kappa shape index (κ3) is 1.41. The summed E-state index contributed by atoms with van der Waals surface area (Å²) in [6.45, 7) is 1.99. The third-order valence-corrected chi connectivity index (χ3v) is 2.91. The fourth-order valence-electron chi connectivity index (χ4n) is 1.80. The maximum Gasteiger partial charge on any atom is 0.144 e. The smallest absolute Gasteiger partial charge is 0.144 e. The van der Waals surface area contributed by atoms with Gasteiger partial charge in [0.25, 0.3) is 0 Å². The second-order valence-corrected chi connectivity index (χ2v) is 4.15. The summed E-state index contributed by atoms with van der Waals surface area (Å²) >= 11 is 0. The lowest BCUT2D eigenvalue weighted by atomic mass is 10.1. The second-order valence-electron chi connectivity index (χ2n) is 4.15. The van der Waals surface area contributed by atoms with E-state index in [0.29, 0.717) is 5.78 Å². The van der Waals surface area contributed by atoms with E-state index in [0.717, 1.165) is 5.56 Å². The molecule has 2 rings (SSSR count). The zero-order valence-corrected chi connectivity index (χ0v) is 8.82. The van der Waals surface area contributed by atoms with Crippen molar-refractivity contribution >= 4 is 11.5 Å². The van der Waals surface area contributed by atoms with E-state index in [1.165, 1.54) is 5.69 Å². The Morgan fingerprint density at radius 3 is 2.00 bits per heavy atom. The van der Waals surface area contributed by atoms with Gasteiger partial charge >= 0.3 is 0 Å². The molecule has 0 heterocycles. The van der Waals surface area contributed by atoms with Gasteiger partial charge in [0.1, 0.15) is 5.78 Å². The standard InChI is InChI=1S/C12H15NO/c1-8-11(12(8)14)9-4-6-10(7-5-9)13(2)3/h4-8,11H,1-3H3. The van der Waals surface area contributed by atoms with Crippen LogP contribution in [0.25, 0.3) is 0 Å². The van der Waals surface area contributed by atoms with E-state index in [-0.39, 0.29) is 11.8 Å². The maximum absolute atomic E-state index is 11.2. The summed E-state index contributed by atoms with van der Waals surface area (Å²) in [7, 11) is 4.03. The van der Waals surface area contributed by atoms with Gasteiger partial charge in [0.2, 0.25) is 0 Å². The van der Waals surface area contributed by atoms with Gasteiger partial charge in [-0.2, -0.15) is 0 Å². The van der Waals surface area contributed by atoms with Crippen molar-refractivity contribution in [2.75, 3.05) is 19.0 Å². The number of hydrogen-bond donors (Lipinski definition) is 0. The summed E-state index contributed by atoms with van der Waals surface area (Å²) in [4.78, 5) is 13.3. The zero-order valence-electron chi connectivity index (χ0n) is 8.82.